The number of amides is 1. The Morgan fingerprint density at radius 2 is 2.27 bits per heavy atom. The van der Waals surface area contributed by atoms with Gasteiger partial charge in [0.2, 0.25) is 0 Å². The summed E-state index contributed by atoms with van der Waals surface area (Å²) in [6.45, 7) is 4.24. The fourth-order valence-electron chi connectivity index (χ4n) is 2.80. The van der Waals surface area contributed by atoms with Crippen LogP contribution < -0.4 is 5.32 Å². The number of carbonyl (C=O) groups is 1. The van der Waals surface area contributed by atoms with E-state index < -0.39 is 0 Å². The van der Waals surface area contributed by atoms with E-state index in [0.717, 1.165) is 34.3 Å². The van der Waals surface area contributed by atoms with E-state index in [1.165, 1.54) is 0 Å². The van der Waals surface area contributed by atoms with Gasteiger partial charge in [0.25, 0.3) is 5.91 Å². The Bertz CT molecular complexity index is 675. The zero-order valence-corrected chi connectivity index (χ0v) is 14.0. The van der Waals surface area contributed by atoms with Gasteiger partial charge in [0.1, 0.15) is 0 Å². The summed E-state index contributed by atoms with van der Waals surface area (Å²) in [5.74, 6) is 0.0779. The average Bonchev–Trinajstić information content (AvgIpc) is 2.57. The van der Waals surface area contributed by atoms with E-state index in [9.17, 15) is 4.79 Å². The standard InChI is InChI=1S/C17H18BrN3O/c1-12-4-5-14(18)9-15(12)17(22)21-8-7-20-11-16(21)13-3-2-6-19-10-13/h2-6,9-10,16,20H,7-8,11H2,1H3. The number of hydrogen-bond acceptors (Lipinski definition) is 3. The average molecular weight is 360 g/mol. The maximum atomic E-state index is 13.0. The van der Waals surface area contributed by atoms with E-state index in [2.05, 4.69) is 26.2 Å². The lowest BCUT2D eigenvalue weighted by Crippen LogP contribution is -2.48. The molecule has 1 aromatic carbocycles. The minimum Gasteiger partial charge on any atom is -0.329 e. The third kappa shape index (κ3) is 3.05. The molecule has 1 aromatic heterocycles. The molecule has 114 valence electrons. The zero-order valence-electron chi connectivity index (χ0n) is 12.4. The molecule has 0 bridgehead atoms. The molecule has 3 rings (SSSR count). The number of rotatable bonds is 2. The van der Waals surface area contributed by atoms with Crippen molar-refractivity contribution >= 4 is 21.8 Å². The molecule has 1 N–H and O–H groups in total. The summed E-state index contributed by atoms with van der Waals surface area (Å²) in [6, 6.07) is 9.80. The monoisotopic (exact) mass is 359 g/mol. The highest BCUT2D eigenvalue weighted by Crippen LogP contribution is 2.25. The number of aryl methyl sites for hydroxylation is 1. The highest BCUT2D eigenvalue weighted by atomic mass is 79.9. The highest BCUT2D eigenvalue weighted by molar-refractivity contribution is 9.10. The van der Waals surface area contributed by atoms with Crippen LogP contribution in [0.4, 0.5) is 0 Å². The maximum absolute atomic E-state index is 13.0. The van der Waals surface area contributed by atoms with Crippen molar-refractivity contribution in [1.29, 1.82) is 0 Å². The van der Waals surface area contributed by atoms with Crippen LogP contribution in [0.3, 0.4) is 0 Å². The number of benzene rings is 1. The molecule has 0 saturated carbocycles. The Kier molecular flexibility index (Phi) is 4.55. The second-order valence-electron chi connectivity index (χ2n) is 5.46. The third-order valence-electron chi connectivity index (χ3n) is 4.00. The van der Waals surface area contributed by atoms with Crippen LogP contribution in [-0.4, -0.2) is 35.4 Å². The number of halogens is 1. The van der Waals surface area contributed by atoms with Crippen molar-refractivity contribution in [1.82, 2.24) is 15.2 Å². The Morgan fingerprint density at radius 3 is 3.05 bits per heavy atom. The lowest BCUT2D eigenvalue weighted by Gasteiger charge is -2.36. The molecule has 2 heterocycles. The number of aromatic nitrogens is 1. The van der Waals surface area contributed by atoms with Crippen LogP contribution in [0.5, 0.6) is 0 Å². The molecular formula is C17H18BrN3O. The van der Waals surface area contributed by atoms with Gasteiger partial charge < -0.3 is 10.2 Å². The first-order valence-electron chi connectivity index (χ1n) is 7.34. The largest absolute Gasteiger partial charge is 0.329 e. The molecule has 1 aliphatic rings. The fraction of sp³-hybridized carbons (Fsp3) is 0.294. The molecule has 0 aliphatic carbocycles. The van der Waals surface area contributed by atoms with Gasteiger partial charge >= 0.3 is 0 Å². The van der Waals surface area contributed by atoms with E-state index in [4.69, 9.17) is 0 Å². The Morgan fingerprint density at radius 1 is 1.41 bits per heavy atom. The number of carbonyl (C=O) groups excluding carboxylic acids is 1. The molecule has 2 aromatic rings. The molecule has 5 heteroatoms. The maximum Gasteiger partial charge on any atom is 0.254 e. The second-order valence-corrected chi connectivity index (χ2v) is 6.38. The van der Waals surface area contributed by atoms with Gasteiger partial charge in [0, 0.05) is 42.1 Å². The predicted molar refractivity (Wildman–Crippen MR) is 89.8 cm³/mol. The Hall–Kier alpha value is -1.72. The van der Waals surface area contributed by atoms with Crippen LogP contribution in [0.25, 0.3) is 0 Å². The number of piperazine rings is 1. The summed E-state index contributed by atoms with van der Waals surface area (Å²) in [6.07, 6.45) is 3.59. The highest BCUT2D eigenvalue weighted by Gasteiger charge is 2.29. The van der Waals surface area contributed by atoms with Crippen molar-refractivity contribution in [3.05, 3.63) is 63.9 Å². The van der Waals surface area contributed by atoms with Crippen molar-refractivity contribution in [3.8, 4) is 0 Å². The first kappa shape index (κ1) is 15.2. The van der Waals surface area contributed by atoms with Gasteiger partial charge in [0.15, 0.2) is 0 Å². The third-order valence-corrected chi connectivity index (χ3v) is 4.50. The van der Waals surface area contributed by atoms with Gasteiger partial charge in [-0.3, -0.25) is 9.78 Å². The first-order valence-corrected chi connectivity index (χ1v) is 8.14. The fourth-order valence-corrected chi connectivity index (χ4v) is 3.16. The lowest BCUT2D eigenvalue weighted by molar-refractivity contribution is 0.0633. The quantitative estimate of drug-likeness (QED) is 0.896. The molecule has 1 amide bonds. The van der Waals surface area contributed by atoms with Gasteiger partial charge in [-0.25, -0.2) is 0 Å². The summed E-state index contributed by atoms with van der Waals surface area (Å²) in [5.41, 5.74) is 2.82. The predicted octanol–water partition coefficient (Wildman–Crippen LogP) is 2.94. The summed E-state index contributed by atoms with van der Waals surface area (Å²) >= 11 is 3.46. The smallest absolute Gasteiger partial charge is 0.254 e. The summed E-state index contributed by atoms with van der Waals surface area (Å²) in [5, 5.41) is 3.36. The van der Waals surface area contributed by atoms with E-state index in [-0.39, 0.29) is 11.9 Å². The van der Waals surface area contributed by atoms with E-state index >= 15 is 0 Å². The lowest BCUT2D eigenvalue weighted by atomic mass is 10.0. The zero-order chi connectivity index (χ0) is 15.5. The van der Waals surface area contributed by atoms with Crippen molar-refractivity contribution in [2.24, 2.45) is 0 Å². The molecule has 0 radical (unpaired) electrons. The minimum absolute atomic E-state index is 0.0216. The van der Waals surface area contributed by atoms with Crippen molar-refractivity contribution < 1.29 is 4.79 Å². The van der Waals surface area contributed by atoms with E-state index in [1.54, 1.807) is 6.20 Å². The molecule has 1 atom stereocenters. The molecule has 1 unspecified atom stereocenters. The summed E-state index contributed by atoms with van der Waals surface area (Å²) in [7, 11) is 0. The van der Waals surface area contributed by atoms with Gasteiger partial charge in [-0.15, -0.1) is 0 Å². The van der Waals surface area contributed by atoms with Crippen LogP contribution in [-0.2, 0) is 0 Å². The van der Waals surface area contributed by atoms with Crippen LogP contribution in [0.1, 0.15) is 27.5 Å². The molecule has 4 nitrogen and oxygen atoms in total. The SMILES string of the molecule is Cc1ccc(Br)cc1C(=O)N1CCNCC1c1cccnc1. The van der Waals surface area contributed by atoms with Crippen LogP contribution in [0.2, 0.25) is 0 Å². The molecule has 1 saturated heterocycles. The molecule has 1 aliphatic heterocycles. The van der Waals surface area contributed by atoms with E-state index in [0.29, 0.717) is 6.54 Å². The van der Waals surface area contributed by atoms with Gasteiger partial charge in [-0.2, -0.15) is 0 Å². The molecule has 0 spiro atoms. The number of nitrogens with one attached hydrogen (secondary N) is 1. The molecule has 1 fully saturated rings. The number of hydrogen-bond donors (Lipinski definition) is 1. The van der Waals surface area contributed by atoms with Gasteiger partial charge in [-0.05, 0) is 36.2 Å². The Labute approximate surface area is 138 Å². The Balaban J connectivity index is 1.93. The molecule has 22 heavy (non-hydrogen) atoms. The van der Waals surface area contributed by atoms with Crippen molar-refractivity contribution in [3.63, 3.8) is 0 Å². The van der Waals surface area contributed by atoms with Crippen LogP contribution in [0.15, 0.2) is 47.2 Å². The number of nitrogens with zero attached hydrogens (tertiary/aromatic N) is 2. The van der Waals surface area contributed by atoms with Crippen molar-refractivity contribution in [2.75, 3.05) is 19.6 Å². The topological polar surface area (TPSA) is 45.2 Å². The van der Waals surface area contributed by atoms with Crippen molar-refractivity contribution in [2.45, 2.75) is 13.0 Å². The van der Waals surface area contributed by atoms with E-state index in [1.807, 2.05) is 48.4 Å². The number of pyridine rings is 1. The van der Waals surface area contributed by atoms with Gasteiger partial charge in [0.05, 0.1) is 6.04 Å². The van der Waals surface area contributed by atoms with Crippen LogP contribution >= 0.6 is 15.9 Å². The van der Waals surface area contributed by atoms with Gasteiger partial charge in [-0.1, -0.05) is 28.1 Å². The van der Waals surface area contributed by atoms with Crippen LogP contribution in [0, 0.1) is 6.92 Å². The summed E-state index contributed by atoms with van der Waals surface area (Å²) < 4.78 is 0.925. The normalized spacial score (nSPS) is 18.3. The molecular weight excluding hydrogens is 342 g/mol. The first-order chi connectivity index (χ1) is 10.7. The second kappa shape index (κ2) is 6.58. The summed E-state index contributed by atoms with van der Waals surface area (Å²) in [4.78, 5) is 19.1. The minimum atomic E-state index is 0.0216.